The van der Waals surface area contributed by atoms with Crippen LogP contribution in [0.5, 0.6) is 0 Å². The number of amides is 1. The zero-order chi connectivity index (χ0) is 18.5. The van der Waals surface area contributed by atoms with E-state index in [1.165, 1.54) is 0 Å². The monoisotopic (exact) mass is 395 g/mol. The van der Waals surface area contributed by atoms with Crippen molar-refractivity contribution in [3.05, 3.63) is 46.5 Å². The quantitative estimate of drug-likeness (QED) is 0.816. The number of carbonyl (C=O) groups is 1. The van der Waals surface area contributed by atoms with Crippen molar-refractivity contribution in [2.75, 3.05) is 44.6 Å². The molecule has 0 atom stereocenters. The molecule has 1 saturated heterocycles. The molecule has 6 nitrogen and oxygen atoms in total. The van der Waals surface area contributed by atoms with Crippen molar-refractivity contribution in [3.8, 4) is 0 Å². The zero-order valence-electron chi connectivity index (χ0n) is 14.8. The summed E-state index contributed by atoms with van der Waals surface area (Å²) in [4.78, 5) is 21.1. The van der Waals surface area contributed by atoms with Crippen molar-refractivity contribution in [1.29, 1.82) is 0 Å². The van der Waals surface area contributed by atoms with Crippen LogP contribution in [-0.4, -0.2) is 64.5 Å². The third-order valence-corrected chi connectivity index (χ3v) is 5.36. The van der Waals surface area contributed by atoms with Crippen LogP contribution in [0, 0.1) is 6.92 Å². The molecule has 2 aromatic rings. The molecular formula is C18H23Cl2N5O. The molecule has 0 unspecified atom stereocenters. The van der Waals surface area contributed by atoms with Crippen LogP contribution in [0.1, 0.15) is 5.82 Å². The molecule has 0 aliphatic carbocycles. The molecule has 2 heterocycles. The topological polar surface area (TPSA) is 53.4 Å². The largest absolute Gasteiger partial charge is 0.334 e. The summed E-state index contributed by atoms with van der Waals surface area (Å²) in [7, 11) is 0. The van der Waals surface area contributed by atoms with Gasteiger partial charge in [-0.15, -0.1) is 0 Å². The van der Waals surface area contributed by atoms with Crippen LogP contribution in [0.15, 0.2) is 30.6 Å². The number of hydrogen-bond donors (Lipinski definition) is 1. The third-order valence-electron chi connectivity index (χ3n) is 4.62. The maximum atomic E-state index is 12.2. The summed E-state index contributed by atoms with van der Waals surface area (Å²) in [5.41, 5.74) is 0.665. The first-order chi connectivity index (χ1) is 12.5. The summed E-state index contributed by atoms with van der Waals surface area (Å²) in [6, 6.07) is 5.10. The van der Waals surface area contributed by atoms with Gasteiger partial charge in [-0.1, -0.05) is 23.2 Å². The number of benzene rings is 1. The molecule has 1 fully saturated rings. The minimum absolute atomic E-state index is 0.0362. The van der Waals surface area contributed by atoms with Crippen LogP contribution in [0.3, 0.4) is 0 Å². The van der Waals surface area contributed by atoms with Crippen LogP contribution in [0.4, 0.5) is 5.69 Å². The minimum atomic E-state index is -0.0362. The first-order valence-electron chi connectivity index (χ1n) is 8.68. The van der Waals surface area contributed by atoms with Gasteiger partial charge in [-0.05, 0) is 25.1 Å². The average Bonchev–Trinajstić information content (AvgIpc) is 3.02. The number of piperazine rings is 1. The normalized spacial score (nSPS) is 16.0. The Morgan fingerprint density at radius 2 is 1.85 bits per heavy atom. The van der Waals surface area contributed by atoms with Crippen molar-refractivity contribution >= 4 is 34.8 Å². The minimum Gasteiger partial charge on any atom is -0.334 e. The number of halogens is 2. The van der Waals surface area contributed by atoms with E-state index in [-0.39, 0.29) is 5.91 Å². The van der Waals surface area contributed by atoms with Crippen LogP contribution in [-0.2, 0) is 11.3 Å². The Balaban J connectivity index is 1.39. The summed E-state index contributed by atoms with van der Waals surface area (Å²) in [6.07, 6.45) is 3.85. The first-order valence-corrected chi connectivity index (χ1v) is 9.44. The maximum Gasteiger partial charge on any atom is 0.238 e. The van der Waals surface area contributed by atoms with E-state index in [2.05, 4.69) is 24.7 Å². The molecule has 0 radical (unpaired) electrons. The van der Waals surface area contributed by atoms with Gasteiger partial charge in [0.2, 0.25) is 5.91 Å². The molecule has 140 valence electrons. The molecule has 26 heavy (non-hydrogen) atoms. The highest BCUT2D eigenvalue weighted by Crippen LogP contribution is 2.24. The first kappa shape index (κ1) is 19.2. The van der Waals surface area contributed by atoms with Gasteiger partial charge < -0.3 is 9.88 Å². The lowest BCUT2D eigenvalue weighted by Gasteiger charge is -2.34. The Bertz CT molecular complexity index is 756. The molecule has 1 aromatic carbocycles. The second-order valence-corrected chi connectivity index (χ2v) is 7.28. The summed E-state index contributed by atoms with van der Waals surface area (Å²) in [6.45, 7) is 8.06. The summed E-state index contributed by atoms with van der Waals surface area (Å²) in [5.74, 6) is 1.01. The number of nitrogens with zero attached hydrogens (tertiary/aromatic N) is 4. The highest BCUT2D eigenvalue weighted by Gasteiger charge is 2.19. The van der Waals surface area contributed by atoms with Crippen LogP contribution >= 0.6 is 23.2 Å². The molecule has 1 N–H and O–H groups in total. The van der Waals surface area contributed by atoms with Crippen molar-refractivity contribution in [2.24, 2.45) is 0 Å². The number of hydrogen-bond acceptors (Lipinski definition) is 4. The Hall–Kier alpha value is -1.60. The number of rotatable bonds is 6. The van der Waals surface area contributed by atoms with Gasteiger partial charge in [0, 0.05) is 57.3 Å². The average molecular weight is 396 g/mol. The fourth-order valence-corrected chi connectivity index (χ4v) is 3.34. The zero-order valence-corrected chi connectivity index (χ0v) is 16.3. The van der Waals surface area contributed by atoms with Gasteiger partial charge in [-0.3, -0.25) is 14.6 Å². The van der Waals surface area contributed by atoms with E-state index >= 15 is 0 Å². The Kier molecular flexibility index (Phi) is 6.53. The van der Waals surface area contributed by atoms with E-state index in [9.17, 15) is 4.79 Å². The van der Waals surface area contributed by atoms with Gasteiger partial charge in [-0.2, -0.15) is 0 Å². The predicted octanol–water partition coefficient (Wildman–Crippen LogP) is 2.75. The van der Waals surface area contributed by atoms with Crippen LogP contribution in [0.25, 0.3) is 0 Å². The number of carbonyl (C=O) groups excluding carboxylic acids is 1. The van der Waals surface area contributed by atoms with Crippen LogP contribution < -0.4 is 5.32 Å². The Morgan fingerprint density at radius 3 is 2.50 bits per heavy atom. The Morgan fingerprint density at radius 1 is 1.12 bits per heavy atom. The lowest BCUT2D eigenvalue weighted by Crippen LogP contribution is -2.49. The molecule has 0 spiro atoms. The third kappa shape index (κ3) is 5.20. The number of nitrogens with one attached hydrogen (secondary N) is 1. The number of aryl methyl sites for hydroxylation is 1. The standard InChI is InChI=1S/C18H23Cl2N5O/c1-14-21-4-5-25(14)11-10-23-6-8-24(9-7-23)13-18(26)22-15-2-3-16(19)17(20)12-15/h2-5,12H,6-11,13H2,1H3,(H,22,26). The number of aromatic nitrogens is 2. The van der Waals surface area contributed by atoms with E-state index in [4.69, 9.17) is 23.2 Å². The summed E-state index contributed by atoms with van der Waals surface area (Å²) < 4.78 is 2.16. The smallest absolute Gasteiger partial charge is 0.238 e. The molecule has 3 rings (SSSR count). The van der Waals surface area contributed by atoms with E-state index in [1.54, 1.807) is 18.2 Å². The van der Waals surface area contributed by atoms with E-state index in [0.29, 0.717) is 22.3 Å². The fraction of sp³-hybridized carbons (Fsp3) is 0.444. The highest BCUT2D eigenvalue weighted by molar-refractivity contribution is 6.42. The molecule has 1 aromatic heterocycles. The number of imidazole rings is 1. The van der Waals surface area contributed by atoms with Gasteiger partial charge in [0.25, 0.3) is 0 Å². The van der Waals surface area contributed by atoms with Gasteiger partial charge in [0.1, 0.15) is 5.82 Å². The second-order valence-electron chi connectivity index (χ2n) is 6.46. The van der Waals surface area contributed by atoms with Crippen molar-refractivity contribution < 1.29 is 4.79 Å². The highest BCUT2D eigenvalue weighted by atomic mass is 35.5. The van der Waals surface area contributed by atoms with Crippen LogP contribution in [0.2, 0.25) is 10.0 Å². The van der Waals surface area contributed by atoms with Gasteiger partial charge in [0.05, 0.1) is 16.6 Å². The Labute approximate surface area is 163 Å². The summed E-state index contributed by atoms with van der Waals surface area (Å²) in [5, 5.41) is 3.79. The molecule has 8 heteroatoms. The van der Waals surface area contributed by atoms with Gasteiger partial charge in [0.15, 0.2) is 0 Å². The lowest BCUT2D eigenvalue weighted by atomic mass is 10.3. The number of anilines is 1. The SMILES string of the molecule is Cc1nccn1CCN1CCN(CC(=O)Nc2ccc(Cl)c(Cl)c2)CC1. The fourth-order valence-electron chi connectivity index (χ4n) is 3.04. The lowest BCUT2D eigenvalue weighted by molar-refractivity contribution is -0.117. The maximum absolute atomic E-state index is 12.2. The molecule has 1 aliphatic heterocycles. The second kappa shape index (κ2) is 8.86. The van der Waals surface area contributed by atoms with E-state index < -0.39 is 0 Å². The van der Waals surface area contributed by atoms with Gasteiger partial charge in [-0.25, -0.2) is 4.98 Å². The van der Waals surface area contributed by atoms with Crippen molar-refractivity contribution in [3.63, 3.8) is 0 Å². The molecule has 1 amide bonds. The summed E-state index contributed by atoms with van der Waals surface area (Å²) >= 11 is 11.9. The van der Waals surface area contributed by atoms with E-state index in [1.807, 2.05) is 19.3 Å². The predicted molar refractivity (Wildman–Crippen MR) is 105 cm³/mol. The van der Waals surface area contributed by atoms with Crippen molar-refractivity contribution in [2.45, 2.75) is 13.5 Å². The molecule has 0 saturated carbocycles. The van der Waals surface area contributed by atoms with Crippen molar-refractivity contribution in [1.82, 2.24) is 19.4 Å². The van der Waals surface area contributed by atoms with E-state index in [0.717, 1.165) is 45.1 Å². The molecular weight excluding hydrogens is 373 g/mol. The molecule has 1 aliphatic rings. The van der Waals surface area contributed by atoms with Gasteiger partial charge >= 0.3 is 0 Å². The molecule has 0 bridgehead atoms.